The fourth-order valence-electron chi connectivity index (χ4n) is 7.60. The predicted octanol–water partition coefficient (Wildman–Crippen LogP) is 1.37. The summed E-state index contributed by atoms with van der Waals surface area (Å²) in [6.45, 7) is 17.2. The molecule has 0 aromatic carbocycles. The van der Waals surface area contributed by atoms with Crippen LogP contribution in [0.2, 0.25) is 0 Å². The Hall–Kier alpha value is -5.87. The zero-order valence-corrected chi connectivity index (χ0v) is 51.0. The highest BCUT2D eigenvalue weighted by molar-refractivity contribution is 5.91. The SMILES string of the molecule is C/C(=N\O)C(C)(C)NCC(CNC(C)(C)/C(C)=N/O)NC(=O)CCCC(=O)N[C@@H](CCCCNC(=O)CCCC(=O)NCCOCCOCC(=O)NCCOCCOCC(=O)NCCCC[C@H](C)C(N)=O)C(=O)CCCCC[C@H](C)C(N)=O. The third-order valence-electron chi connectivity index (χ3n) is 13.9. The molecule has 0 fully saturated rings. The van der Waals surface area contributed by atoms with E-state index in [-0.39, 0.29) is 169 Å². The fourth-order valence-corrected chi connectivity index (χ4v) is 7.60. The lowest BCUT2D eigenvalue weighted by atomic mass is 9.98. The number of amides is 8. The first-order valence-electron chi connectivity index (χ1n) is 29.3. The van der Waals surface area contributed by atoms with Crippen LogP contribution in [0.4, 0.5) is 0 Å². The van der Waals surface area contributed by atoms with E-state index >= 15 is 0 Å². The Labute approximate surface area is 491 Å². The number of carbonyl (C=O) groups excluding carboxylic acids is 9. The molecule has 8 amide bonds. The van der Waals surface area contributed by atoms with Crippen LogP contribution in [-0.4, -0.2) is 190 Å². The van der Waals surface area contributed by atoms with Gasteiger partial charge in [0.25, 0.3) is 0 Å². The maximum Gasteiger partial charge on any atom is 0.246 e. The zero-order valence-electron chi connectivity index (χ0n) is 51.0. The number of rotatable bonds is 53. The summed E-state index contributed by atoms with van der Waals surface area (Å²) in [5, 5.41) is 48.7. The summed E-state index contributed by atoms with van der Waals surface area (Å²) in [7, 11) is 0. The minimum absolute atomic E-state index is 0.00120. The highest BCUT2D eigenvalue weighted by atomic mass is 16.5. The summed E-state index contributed by atoms with van der Waals surface area (Å²) in [4.78, 5) is 111. The first-order valence-corrected chi connectivity index (χ1v) is 29.3. The molecule has 0 bridgehead atoms. The molecule has 14 N–H and O–H groups in total. The van der Waals surface area contributed by atoms with Crippen molar-refractivity contribution in [2.24, 2.45) is 33.6 Å². The quantitative estimate of drug-likeness (QED) is 0.0177. The van der Waals surface area contributed by atoms with E-state index in [2.05, 4.69) is 52.8 Å². The largest absolute Gasteiger partial charge is 0.411 e. The van der Waals surface area contributed by atoms with Gasteiger partial charge in [-0.3, -0.25) is 43.2 Å². The lowest BCUT2D eigenvalue weighted by Gasteiger charge is -2.32. The molecule has 0 saturated heterocycles. The van der Waals surface area contributed by atoms with Crippen molar-refractivity contribution in [2.75, 3.05) is 92.1 Å². The number of primary amides is 2. The van der Waals surface area contributed by atoms with Gasteiger partial charge in [0, 0.05) is 83.2 Å². The average molecular weight is 1190 g/mol. The van der Waals surface area contributed by atoms with Gasteiger partial charge in [0.15, 0.2) is 5.78 Å². The molecule has 0 rings (SSSR count). The minimum Gasteiger partial charge on any atom is -0.411 e. The molecule has 0 unspecified atom stereocenters. The van der Waals surface area contributed by atoms with Crippen molar-refractivity contribution in [3.05, 3.63) is 0 Å². The van der Waals surface area contributed by atoms with Crippen LogP contribution in [0, 0.1) is 11.8 Å². The molecule has 83 heavy (non-hydrogen) atoms. The molecule has 3 atom stereocenters. The molecule has 0 aliphatic rings. The number of nitrogens with one attached hydrogen (secondary N) is 8. The van der Waals surface area contributed by atoms with Crippen LogP contribution in [0.3, 0.4) is 0 Å². The van der Waals surface area contributed by atoms with Gasteiger partial charge in [-0.2, -0.15) is 0 Å². The van der Waals surface area contributed by atoms with Gasteiger partial charge in [-0.05, 0) is 99.3 Å². The van der Waals surface area contributed by atoms with Crippen LogP contribution in [0.15, 0.2) is 10.3 Å². The predicted molar refractivity (Wildman–Crippen MR) is 313 cm³/mol. The lowest BCUT2D eigenvalue weighted by molar-refractivity contribution is -0.128. The van der Waals surface area contributed by atoms with Crippen molar-refractivity contribution in [3.63, 3.8) is 0 Å². The van der Waals surface area contributed by atoms with E-state index in [0.29, 0.717) is 89.0 Å². The number of nitrogens with two attached hydrogens (primary N) is 2. The standard InChI is InChI=1S/C56H104N12O15/c1-40(53(57)76)18-10-9-11-21-46(69)45(66-50(73)25-17-24-49(72)65-44(36-63-55(5,6)42(3)67-78)37-64-56(7,8)43(4)68-79)20-13-15-26-59-47(70)22-16-23-48(71)61-28-30-80-32-35-83-39-52(75)62-29-31-81-33-34-82-38-51(74)60-27-14-12-19-41(2)54(58)77/h40-41,44-45,63-64,78-79H,9-39H2,1-8H3,(H2,57,76)(H2,58,77)(H,59,70)(H,60,74)(H,61,71)(H,62,75)(H,65,72)(H,66,73)/b67-42+,68-43+/t40-,41-,45-/m0/s1. The molecule has 0 saturated carbocycles. The van der Waals surface area contributed by atoms with Gasteiger partial charge in [-0.15, -0.1) is 0 Å². The highest BCUT2D eigenvalue weighted by Gasteiger charge is 2.27. The number of ether oxygens (including phenoxy) is 4. The smallest absolute Gasteiger partial charge is 0.246 e. The number of nitrogens with zero attached hydrogens (tertiary/aromatic N) is 2. The van der Waals surface area contributed by atoms with Gasteiger partial charge in [-0.25, -0.2) is 0 Å². The Bertz CT molecular complexity index is 1960. The van der Waals surface area contributed by atoms with Crippen LogP contribution in [0.25, 0.3) is 0 Å². The number of ketones is 1. The first-order chi connectivity index (χ1) is 39.3. The van der Waals surface area contributed by atoms with Crippen molar-refractivity contribution in [3.8, 4) is 0 Å². The van der Waals surface area contributed by atoms with Crippen molar-refractivity contribution >= 4 is 64.5 Å². The van der Waals surface area contributed by atoms with Crippen LogP contribution < -0.4 is 54.0 Å². The second-order valence-electron chi connectivity index (χ2n) is 21.9. The van der Waals surface area contributed by atoms with E-state index in [1.54, 1.807) is 27.7 Å². The van der Waals surface area contributed by atoms with Crippen molar-refractivity contribution in [1.82, 2.24) is 42.5 Å². The average Bonchev–Trinajstić information content (AvgIpc) is 3.43. The van der Waals surface area contributed by atoms with E-state index in [4.69, 9.17) is 30.4 Å². The maximum atomic E-state index is 13.4. The molecule has 0 aromatic heterocycles. The molecule has 0 aromatic rings. The third kappa shape index (κ3) is 41.7. The van der Waals surface area contributed by atoms with Crippen molar-refractivity contribution < 1.29 is 72.5 Å². The molecule has 0 aliphatic heterocycles. The first kappa shape index (κ1) is 77.1. The highest BCUT2D eigenvalue weighted by Crippen LogP contribution is 2.14. The Morgan fingerprint density at radius 3 is 1.29 bits per heavy atom. The van der Waals surface area contributed by atoms with E-state index in [9.17, 15) is 53.6 Å². The molecule has 0 spiro atoms. The van der Waals surface area contributed by atoms with Crippen LogP contribution in [0.5, 0.6) is 0 Å². The van der Waals surface area contributed by atoms with Gasteiger partial charge in [0.1, 0.15) is 13.2 Å². The Balaban J connectivity index is 4.57. The number of carbonyl (C=O) groups is 9. The molecular formula is C56H104N12O15. The molecule has 27 heteroatoms. The minimum atomic E-state index is -0.765. The normalized spacial score (nSPS) is 13.5. The van der Waals surface area contributed by atoms with Gasteiger partial charge in [0.2, 0.25) is 47.3 Å². The number of Topliss-reactive ketones (excluding diaryl/α,β-unsaturated/α-hetero) is 1. The Morgan fingerprint density at radius 1 is 0.446 bits per heavy atom. The van der Waals surface area contributed by atoms with E-state index in [1.807, 2.05) is 27.7 Å². The molecule has 0 radical (unpaired) electrons. The van der Waals surface area contributed by atoms with Gasteiger partial charge < -0.3 is 83.4 Å². The summed E-state index contributed by atoms with van der Waals surface area (Å²) in [5.41, 5.74) is 10.1. The number of hydrogen-bond donors (Lipinski definition) is 12. The lowest BCUT2D eigenvalue weighted by Crippen LogP contribution is -2.57. The van der Waals surface area contributed by atoms with Gasteiger partial charge in [0.05, 0.1) is 74.2 Å². The number of oxime groups is 2. The van der Waals surface area contributed by atoms with Crippen LogP contribution in [-0.2, 0) is 62.1 Å². The van der Waals surface area contributed by atoms with Gasteiger partial charge >= 0.3 is 0 Å². The summed E-state index contributed by atoms with van der Waals surface area (Å²) in [5.74, 6) is -2.96. The third-order valence-corrected chi connectivity index (χ3v) is 13.9. The number of hydrogen-bond acceptors (Lipinski definition) is 19. The van der Waals surface area contributed by atoms with Crippen LogP contribution >= 0.6 is 0 Å². The molecule has 0 aliphatic carbocycles. The fraction of sp³-hybridized carbons (Fsp3) is 0.804. The van der Waals surface area contributed by atoms with Gasteiger partial charge in [-0.1, -0.05) is 43.4 Å². The van der Waals surface area contributed by atoms with E-state index in [1.165, 1.54) is 0 Å². The summed E-state index contributed by atoms with van der Waals surface area (Å²) >= 11 is 0. The maximum absolute atomic E-state index is 13.4. The monoisotopic (exact) mass is 1180 g/mol. The Kier molecular flexibility index (Phi) is 43.2. The van der Waals surface area contributed by atoms with Crippen molar-refractivity contribution in [2.45, 2.75) is 188 Å². The summed E-state index contributed by atoms with van der Waals surface area (Å²) < 4.78 is 21.4. The number of unbranched alkanes of at least 4 members (excludes halogenated alkanes) is 4. The molecule has 478 valence electrons. The molecular weight excluding hydrogens is 1080 g/mol. The van der Waals surface area contributed by atoms with E-state index in [0.717, 1.165) is 19.3 Å². The summed E-state index contributed by atoms with van der Waals surface area (Å²) in [6, 6.07) is -1.21. The second-order valence-corrected chi connectivity index (χ2v) is 21.9. The molecule has 27 nitrogen and oxygen atoms in total. The zero-order chi connectivity index (χ0) is 62.5. The van der Waals surface area contributed by atoms with E-state index < -0.39 is 23.2 Å². The van der Waals surface area contributed by atoms with Crippen LogP contribution in [0.1, 0.15) is 165 Å². The van der Waals surface area contributed by atoms with Crippen molar-refractivity contribution in [1.29, 1.82) is 0 Å². The molecule has 0 heterocycles. The Morgan fingerprint density at radius 2 is 0.831 bits per heavy atom. The topological polar surface area (TPSA) is 404 Å². The summed E-state index contributed by atoms with van der Waals surface area (Å²) in [6.07, 6.45) is 7.33. The second kappa shape index (κ2) is 46.5.